The number of carbonyl (C=O) groups is 1. The van der Waals surface area contributed by atoms with E-state index in [9.17, 15) is 4.79 Å². The summed E-state index contributed by atoms with van der Waals surface area (Å²) in [5.74, 6) is -0.0976. The van der Waals surface area contributed by atoms with Crippen LogP contribution in [0, 0.1) is 5.92 Å². The Kier molecular flexibility index (Phi) is 4.91. The van der Waals surface area contributed by atoms with Gasteiger partial charge in [-0.2, -0.15) is 0 Å². The Hall–Kier alpha value is -0.720. The van der Waals surface area contributed by atoms with E-state index in [1.807, 2.05) is 6.92 Å². The van der Waals surface area contributed by atoms with Crippen molar-refractivity contribution in [2.45, 2.75) is 26.3 Å². The molecule has 1 fully saturated rings. The monoisotopic (exact) mass is 289 g/mol. The Morgan fingerprint density at radius 2 is 2.44 bits per heavy atom. The van der Waals surface area contributed by atoms with Gasteiger partial charge >= 0.3 is 5.97 Å². The second-order valence-corrected chi connectivity index (χ2v) is 5.92. The molecule has 1 aromatic heterocycles. The molecule has 7 heteroatoms. The molecule has 0 aromatic carbocycles. The van der Waals surface area contributed by atoms with Crippen molar-refractivity contribution in [3.05, 3.63) is 9.47 Å². The van der Waals surface area contributed by atoms with Crippen molar-refractivity contribution >= 4 is 28.9 Å². The second-order valence-electron chi connectivity index (χ2n) is 4.28. The molecular formula is C11H16ClN3O2S. The molecule has 5 nitrogen and oxygen atoms in total. The van der Waals surface area contributed by atoms with Crippen LogP contribution >= 0.6 is 22.9 Å². The molecule has 100 valence electrons. The van der Waals surface area contributed by atoms with Crippen molar-refractivity contribution in [2.75, 3.05) is 19.7 Å². The average Bonchev–Trinajstić information content (AvgIpc) is 2.75. The Bertz CT molecular complexity index is 413. The SMILES string of the molecule is CCOC(=O)[C@@H]1CCCN(Cc2nnc(Cl)s2)C1. The van der Waals surface area contributed by atoms with E-state index in [0.717, 1.165) is 30.9 Å². The van der Waals surface area contributed by atoms with Crippen LogP contribution in [-0.2, 0) is 16.1 Å². The van der Waals surface area contributed by atoms with Crippen LogP contribution in [-0.4, -0.2) is 40.8 Å². The summed E-state index contributed by atoms with van der Waals surface area (Å²) < 4.78 is 5.53. The number of carbonyl (C=O) groups excluding carboxylic acids is 1. The molecule has 1 aliphatic heterocycles. The maximum Gasteiger partial charge on any atom is 0.310 e. The number of esters is 1. The van der Waals surface area contributed by atoms with Gasteiger partial charge in [0, 0.05) is 6.54 Å². The van der Waals surface area contributed by atoms with Crippen LogP contribution < -0.4 is 0 Å². The van der Waals surface area contributed by atoms with Crippen molar-refractivity contribution in [1.82, 2.24) is 15.1 Å². The fourth-order valence-corrected chi connectivity index (χ4v) is 3.05. The number of hydrogen-bond donors (Lipinski definition) is 0. The van der Waals surface area contributed by atoms with E-state index < -0.39 is 0 Å². The molecule has 1 saturated heterocycles. The number of aromatic nitrogens is 2. The average molecular weight is 290 g/mol. The fourth-order valence-electron chi connectivity index (χ4n) is 2.14. The molecule has 0 bridgehead atoms. The van der Waals surface area contributed by atoms with Gasteiger partial charge in [0.15, 0.2) is 0 Å². The predicted molar refractivity (Wildman–Crippen MR) is 69.6 cm³/mol. The summed E-state index contributed by atoms with van der Waals surface area (Å²) in [6.07, 6.45) is 1.92. The van der Waals surface area contributed by atoms with Crippen molar-refractivity contribution in [3.8, 4) is 0 Å². The summed E-state index contributed by atoms with van der Waals surface area (Å²) in [6.45, 7) is 4.70. The van der Waals surface area contributed by atoms with Gasteiger partial charge in [-0.15, -0.1) is 10.2 Å². The number of likely N-dealkylation sites (tertiary alicyclic amines) is 1. The van der Waals surface area contributed by atoms with E-state index in [-0.39, 0.29) is 11.9 Å². The van der Waals surface area contributed by atoms with E-state index in [2.05, 4.69) is 15.1 Å². The smallest absolute Gasteiger partial charge is 0.310 e. The minimum atomic E-state index is -0.0857. The van der Waals surface area contributed by atoms with Crippen LogP contribution in [0.4, 0.5) is 0 Å². The minimum absolute atomic E-state index is 0.0120. The first-order valence-electron chi connectivity index (χ1n) is 6.06. The molecule has 2 rings (SSSR count). The van der Waals surface area contributed by atoms with Crippen molar-refractivity contribution in [1.29, 1.82) is 0 Å². The van der Waals surface area contributed by atoms with Gasteiger partial charge in [0.05, 0.1) is 19.1 Å². The lowest BCUT2D eigenvalue weighted by atomic mass is 9.98. The zero-order valence-electron chi connectivity index (χ0n) is 10.3. The lowest BCUT2D eigenvalue weighted by molar-refractivity contribution is -0.150. The van der Waals surface area contributed by atoms with Crippen molar-refractivity contribution in [3.63, 3.8) is 0 Å². The summed E-state index contributed by atoms with van der Waals surface area (Å²) in [4.78, 5) is 13.9. The Balaban J connectivity index is 1.88. The summed E-state index contributed by atoms with van der Waals surface area (Å²) in [6, 6.07) is 0. The van der Waals surface area contributed by atoms with Gasteiger partial charge in [0.25, 0.3) is 0 Å². The summed E-state index contributed by atoms with van der Waals surface area (Å²) in [7, 11) is 0. The number of halogens is 1. The van der Waals surface area contributed by atoms with E-state index in [4.69, 9.17) is 16.3 Å². The third kappa shape index (κ3) is 3.63. The van der Waals surface area contributed by atoms with E-state index in [1.165, 1.54) is 11.3 Å². The normalized spacial score (nSPS) is 20.9. The highest BCUT2D eigenvalue weighted by Gasteiger charge is 2.27. The summed E-state index contributed by atoms with van der Waals surface area (Å²) >= 11 is 7.14. The Morgan fingerprint density at radius 3 is 3.11 bits per heavy atom. The van der Waals surface area contributed by atoms with Gasteiger partial charge in [0.1, 0.15) is 5.01 Å². The maximum absolute atomic E-state index is 11.7. The lowest BCUT2D eigenvalue weighted by Gasteiger charge is -2.30. The quantitative estimate of drug-likeness (QED) is 0.793. The van der Waals surface area contributed by atoms with E-state index in [0.29, 0.717) is 17.6 Å². The minimum Gasteiger partial charge on any atom is -0.466 e. The zero-order valence-corrected chi connectivity index (χ0v) is 11.8. The summed E-state index contributed by atoms with van der Waals surface area (Å²) in [5.41, 5.74) is 0. The topological polar surface area (TPSA) is 55.3 Å². The van der Waals surface area contributed by atoms with Crippen molar-refractivity contribution in [2.24, 2.45) is 5.92 Å². The molecule has 1 atom stereocenters. The zero-order chi connectivity index (χ0) is 13.0. The molecule has 2 heterocycles. The molecule has 0 saturated carbocycles. The number of piperidine rings is 1. The van der Waals surface area contributed by atoms with Crippen LogP contribution in [0.1, 0.15) is 24.8 Å². The van der Waals surface area contributed by atoms with Gasteiger partial charge in [-0.3, -0.25) is 9.69 Å². The number of rotatable bonds is 4. The fraction of sp³-hybridized carbons (Fsp3) is 0.727. The van der Waals surface area contributed by atoms with Crippen LogP contribution in [0.5, 0.6) is 0 Å². The van der Waals surface area contributed by atoms with Crippen LogP contribution in [0.2, 0.25) is 4.47 Å². The number of ether oxygens (including phenoxy) is 1. The van der Waals surface area contributed by atoms with Crippen LogP contribution in [0.3, 0.4) is 0 Å². The highest BCUT2D eigenvalue weighted by atomic mass is 35.5. The molecule has 1 aromatic rings. The second kappa shape index (κ2) is 6.45. The van der Waals surface area contributed by atoms with Gasteiger partial charge in [-0.05, 0) is 37.9 Å². The van der Waals surface area contributed by atoms with Gasteiger partial charge in [-0.1, -0.05) is 11.3 Å². The number of nitrogens with zero attached hydrogens (tertiary/aromatic N) is 3. The lowest BCUT2D eigenvalue weighted by Crippen LogP contribution is -2.38. The Labute approximate surface area is 115 Å². The third-order valence-corrected chi connectivity index (χ3v) is 3.93. The highest BCUT2D eigenvalue weighted by Crippen LogP contribution is 2.22. The molecule has 0 unspecified atom stereocenters. The van der Waals surface area contributed by atoms with Gasteiger partial charge < -0.3 is 4.74 Å². The molecule has 0 amide bonds. The molecule has 1 aliphatic rings. The van der Waals surface area contributed by atoms with Crippen LogP contribution in [0.15, 0.2) is 0 Å². The third-order valence-electron chi connectivity index (χ3n) is 2.93. The molecular weight excluding hydrogens is 274 g/mol. The van der Waals surface area contributed by atoms with Crippen molar-refractivity contribution < 1.29 is 9.53 Å². The molecule has 18 heavy (non-hydrogen) atoms. The largest absolute Gasteiger partial charge is 0.466 e. The molecule has 0 radical (unpaired) electrons. The Morgan fingerprint density at radius 1 is 1.61 bits per heavy atom. The molecule has 0 aliphatic carbocycles. The standard InChI is InChI=1S/C11H16ClN3O2S/c1-2-17-10(16)8-4-3-5-15(6-8)7-9-13-14-11(12)18-9/h8H,2-7H2,1H3/t8-/m1/s1. The summed E-state index contributed by atoms with van der Waals surface area (Å²) in [5, 5.41) is 8.67. The predicted octanol–water partition coefficient (Wildman–Crippen LogP) is 1.97. The first-order valence-corrected chi connectivity index (χ1v) is 7.25. The van der Waals surface area contributed by atoms with Gasteiger partial charge in [-0.25, -0.2) is 0 Å². The number of hydrogen-bond acceptors (Lipinski definition) is 6. The highest BCUT2D eigenvalue weighted by molar-refractivity contribution is 7.15. The maximum atomic E-state index is 11.7. The first-order chi connectivity index (χ1) is 8.69. The van der Waals surface area contributed by atoms with E-state index in [1.54, 1.807) is 0 Å². The van der Waals surface area contributed by atoms with Crippen LogP contribution in [0.25, 0.3) is 0 Å². The van der Waals surface area contributed by atoms with E-state index >= 15 is 0 Å². The first kappa shape index (κ1) is 13.7. The molecule has 0 spiro atoms. The molecule has 0 N–H and O–H groups in total. The van der Waals surface area contributed by atoms with Gasteiger partial charge in [0.2, 0.25) is 4.47 Å².